The van der Waals surface area contributed by atoms with Crippen molar-refractivity contribution in [2.75, 3.05) is 7.11 Å². The second kappa shape index (κ2) is 6.16. The van der Waals surface area contributed by atoms with Gasteiger partial charge in [-0.05, 0) is 29.8 Å². The van der Waals surface area contributed by atoms with Gasteiger partial charge in [-0.25, -0.2) is 0 Å². The summed E-state index contributed by atoms with van der Waals surface area (Å²) in [5.74, 6) is 0.386. The molecule has 21 heavy (non-hydrogen) atoms. The van der Waals surface area contributed by atoms with Crippen LogP contribution in [0.25, 0.3) is 0 Å². The average molecular weight is 335 g/mol. The Bertz CT molecular complexity index is 641. The van der Waals surface area contributed by atoms with E-state index in [9.17, 15) is 13.2 Å². The molecule has 1 unspecified atom stereocenters. The standard InChI is InChI=1S/C15H11Cl2F3O/c1-21-13-7-6-9(16)8-11(13)14(17)10-4-2-3-5-12(10)15(18,19)20/h2-8,14H,1H3. The molecule has 112 valence electrons. The molecule has 0 radical (unpaired) electrons. The Balaban J connectivity index is 2.56. The van der Waals surface area contributed by atoms with Crippen LogP contribution in [0.2, 0.25) is 5.02 Å². The van der Waals surface area contributed by atoms with Gasteiger partial charge in [-0.2, -0.15) is 13.2 Å². The number of hydrogen-bond donors (Lipinski definition) is 0. The quantitative estimate of drug-likeness (QED) is 0.654. The van der Waals surface area contributed by atoms with Gasteiger partial charge in [-0.15, -0.1) is 11.6 Å². The van der Waals surface area contributed by atoms with E-state index in [0.717, 1.165) is 6.07 Å². The summed E-state index contributed by atoms with van der Waals surface area (Å²) in [6.45, 7) is 0. The van der Waals surface area contributed by atoms with Gasteiger partial charge in [-0.1, -0.05) is 29.8 Å². The minimum atomic E-state index is -4.48. The van der Waals surface area contributed by atoms with Crippen LogP contribution in [0, 0.1) is 0 Å². The molecule has 2 rings (SSSR count). The monoisotopic (exact) mass is 334 g/mol. The van der Waals surface area contributed by atoms with Crippen LogP contribution < -0.4 is 4.74 Å². The third-order valence-corrected chi connectivity index (χ3v) is 3.71. The largest absolute Gasteiger partial charge is 0.496 e. The fraction of sp³-hybridized carbons (Fsp3) is 0.200. The fourth-order valence-corrected chi connectivity index (χ4v) is 2.59. The van der Waals surface area contributed by atoms with E-state index in [4.69, 9.17) is 27.9 Å². The smallest absolute Gasteiger partial charge is 0.416 e. The van der Waals surface area contributed by atoms with Crippen LogP contribution in [0.15, 0.2) is 42.5 Å². The first-order valence-corrected chi connectivity index (χ1v) is 6.79. The first-order valence-electron chi connectivity index (χ1n) is 5.98. The first kappa shape index (κ1) is 16.0. The number of benzene rings is 2. The lowest BCUT2D eigenvalue weighted by atomic mass is 9.98. The number of rotatable bonds is 3. The molecule has 0 spiro atoms. The third kappa shape index (κ3) is 3.44. The number of methoxy groups -OCH3 is 1. The van der Waals surface area contributed by atoms with E-state index in [1.54, 1.807) is 12.1 Å². The van der Waals surface area contributed by atoms with Crippen molar-refractivity contribution in [1.29, 1.82) is 0 Å². The van der Waals surface area contributed by atoms with E-state index in [2.05, 4.69) is 0 Å². The number of alkyl halides is 4. The van der Waals surface area contributed by atoms with Gasteiger partial charge >= 0.3 is 6.18 Å². The molecule has 6 heteroatoms. The van der Waals surface area contributed by atoms with Crippen molar-refractivity contribution < 1.29 is 17.9 Å². The van der Waals surface area contributed by atoms with Gasteiger partial charge in [0.25, 0.3) is 0 Å². The van der Waals surface area contributed by atoms with Crippen molar-refractivity contribution in [3.63, 3.8) is 0 Å². The Morgan fingerprint density at radius 3 is 2.33 bits per heavy atom. The summed E-state index contributed by atoms with van der Waals surface area (Å²) in [5.41, 5.74) is -0.414. The Labute approximate surface area is 130 Å². The van der Waals surface area contributed by atoms with E-state index in [0.29, 0.717) is 16.3 Å². The topological polar surface area (TPSA) is 9.23 Å². The molecule has 1 atom stereocenters. The van der Waals surface area contributed by atoms with Gasteiger partial charge in [-0.3, -0.25) is 0 Å². The third-order valence-electron chi connectivity index (χ3n) is 3.00. The zero-order valence-corrected chi connectivity index (χ0v) is 12.4. The van der Waals surface area contributed by atoms with Crippen molar-refractivity contribution in [2.24, 2.45) is 0 Å². The molecule has 2 aromatic carbocycles. The summed E-state index contributed by atoms with van der Waals surface area (Å²) in [6, 6.07) is 9.85. The average Bonchev–Trinajstić information content (AvgIpc) is 2.45. The van der Waals surface area contributed by atoms with E-state index in [1.165, 1.54) is 31.4 Å². The zero-order chi connectivity index (χ0) is 15.6. The lowest BCUT2D eigenvalue weighted by Gasteiger charge is -2.19. The molecule has 0 fully saturated rings. The Morgan fingerprint density at radius 1 is 1.05 bits per heavy atom. The molecule has 0 aromatic heterocycles. The van der Waals surface area contributed by atoms with Crippen molar-refractivity contribution >= 4 is 23.2 Å². The Hall–Kier alpha value is -1.39. The van der Waals surface area contributed by atoms with E-state index >= 15 is 0 Å². The highest BCUT2D eigenvalue weighted by atomic mass is 35.5. The number of halogens is 5. The van der Waals surface area contributed by atoms with Gasteiger partial charge in [0.1, 0.15) is 5.75 Å². The molecular formula is C15H11Cl2F3O. The van der Waals surface area contributed by atoms with Gasteiger partial charge in [0, 0.05) is 10.6 Å². The van der Waals surface area contributed by atoms with Crippen LogP contribution in [0.5, 0.6) is 5.75 Å². The minimum absolute atomic E-state index is 0.0350. The van der Waals surface area contributed by atoms with Crippen LogP contribution in [0.3, 0.4) is 0 Å². The molecule has 0 saturated heterocycles. The lowest BCUT2D eigenvalue weighted by molar-refractivity contribution is -0.138. The Kier molecular flexibility index (Phi) is 4.69. The molecule has 0 aliphatic heterocycles. The van der Waals surface area contributed by atoms with E-state index in [1.807, 2.05) is 0 Å². The van der Waals surface area contributed by atoms with Gasteiger partial charge in [0.05, 0.1) is 18.1 Å². The van der Waals surface area contributed by atoms with Crippen molar-refractivity contribution in [1.82, 2.24) is 0 Å². The summed E-state index contributed by atoms with van der Waals surface area (Å²) >= 11 is 12.2. The normalized spacial score (nSPS) is 13.0. The summed E-state index contributed by atoms with van der Waals surface area (Å²) < 4.78 is 44.4. The molecule has 2 aromatic rings. The van der Waals surface area contributed by atoms with Gasteiger partial charge in [0.2, 0.25) is 0 Å². The SMILES string of the molecule is COc1ccc(Cl)cc1C(Cl)c1ccccc1C(F)(F)F. The van der Waals surface area contributed by atoms with Gasteiger partial charge in [0.15, 0.2) is 0 Å². The van der Waals surface area contributed by atoms with Crippen molar-refractivity contribution in [3.05, 3.63) is 64.2 Å². The van der Waals surface area contributed by atoms with E-state index < -0.39 is 17.1 Å². The summed E-state index contributed by atoms with van der Waals surface area (Å²) in [4.78, 5) is 0. The maximum absolute atomic E-state index is 13.1. The van der Waals surface area contributed by atoms with Crippen LogP contribution in [-0.4, -0.2) is 7.11 Å². The molecule has 0 aliphatic carbocycles. The van der Waals surface area contributed by atoms with Crippen LogP contribution in [0.4, 0.5) is 13.2 Å². The molecule has 0 amide bonds. The summed E-state index contributed by atoms with van der Waals surface area (Å²) in [6.07, 6.45) is -4.48. The predicted molar refractivity (Wildman–Crippen MR) is 77.1 cm³/mol. The zero-order valence-electron chi connectivity index (χ0n) is 10.9. The van der Waals surface area contributed by atoms with Crippen LogP contribution in [0.1, 0.15) is 22.1 Å². The summed E-state index contributed by atoms with van der Waals surface area (Å²) in [5, 5.41) is -0.641. The molecule has 0 saturated carbocycles. The van der Waals surface area contributed by atoms with Crippen LogP contribution >= 0.6 is 23.2 Å². The predicted octanol–water partition coefficient (Wildman–Crippen LogP) is 5.70. The van der Waals surface area contributed by atoms with E-state index in [-0.39, 0.29) is 5.56 Å². The van der Waals surface area contributed by atoms with Gasteiger partial charge < -0.3 is 4.74 Å². The van der Waals surface area contributed by atoms with Crippen molar-refractivity contribution in [3.8, 4) is 5.75 Å². The molecule has 0 bridgehead atoms. The first-order chi connectivity index (χ1) is 9.84. The maximum Gasteiger partial charge on any atom is 0.416 e. The van der Waals surface area contributed by atoms with Crippen molar-refractivity contribution in [2.45, 2.75) is 11.6 Å². The molecule has 0 N–H and O–H groups in total. The second-order valence-corrected chi connectivity index (χ2v) is 5.21. The van der Waals surface area contributed by atoms with Crippen LogP contribution in [-0.2, 0) is 6.18 Å². The fourth-order valence-electron chi connectivity index (χ4n) is 2.05. The molecular weight excluding hydrogens is 324 g/mol. The summed E-state index contributed by atoms with van der Waals surface area (Å²) in [7, 11) is 1.42. The lowest BCUT2D eigenvalue weighted by Crippen LogP contribution is -2.11. The number of ether oxygens (including phenoxy) is 1. The molecule has 0 aliphatic rings. The maximum atomic E-state index is 13.1. The Morgan fingerprint density at radius 2 is 1.71 bits per heavy atom. The highest BCUT2D eigenvalue weighted by Crippen LogP contribution is 2.42. The molecule has 1 nitrogen and oxygen atoms in total. The highest BCUT2D eigenvalue weighted by Gasteiger charge is 2.35. The minimum Gasteiger partial charge on any atom is -0.496 e. The second-order valence-electron chi connectivity index (χ2n) is 4.33. The molecule has 0 heterocycles. The number of hydrogen-bond acceptors (Lipinski definition) is 1. The highest BCUT2D eigenvalue weighted by molar-refractivity contribution is 6.31.